The van der Waals surface area contributed by atoms with Crippen LogP contribution in [-0.2, 0) is 0 Å². The fourth-order valence-electron chi connectivity index (χ4n) is 1.72. The van der Waals surface area contributed by atoms with Gasteiger partial charge in [-0.2, -0.15) is 0 Å². The first-order valence-electron chi connectivity index (χ1n) is 5.50. The van der Waals surface area contributed by atoms with Crippen molar-refractivity contribution in [3.8, 4) is 0 Å². The molecule has 3 rings (SSSR count). The number of halogens is 4. The summed E-state index contributed by atoms with van der Waals surface area (Å²) in [4.78, 5) is 4.18. The Morgan fingerprint density at radius 1 is 1.05 bits per heavy atom. The highest BCUT2D eigenvalue weighted by atomic mass is 35.5. The van der Waals surface area contributed by atoms with Crippen LogP contribution in [0.1, 0.15) is 0 Å². The third-order valence-electron chi connectivity index (χ3n) is 2.59. The first-order valence-corrected chi connectivity index (χ1v) is 6.70. The zero-order valence-corrected chi connectivity index (χ0v) is 11.3. The van der Waals surface area contributed by atoms with Gasteiger partial charge in [-0.15, -0.1) is 0 Å². The minimum atomic E-state index is -1.01. The summed E-state index contributed by atoms with van der Waals surface area (Å²) in [6.45, 7) is 0. The quantitative estimate of drug-likeness (QED) is 0.711. The Labute approximate surface area is 120 Å². The number of aromatic nitrogens is 1. The molecule has 0 aliphatic heterocycles. The second-order valence-corrected chi connectivity index (χ2v) is 5.47. The van der Waals surface area contributed by atoms with Gasteiger partial charge in [0.15, 0.2) is 16.8 Å². The van der Waals surface area contributed by atoms with Crippen LogP contribution in [0.3, 0.4) is 0 Å². The lowest BCUT2D eigenvalue weighted by Gasteiger charge is -2.05. The van der Waals surface area contributed by atoms with E-state index in [4.69, 9.17) is 11.6 Å². The van der Waals surface area contributed by atoms with E-state index in [1.54, 1.807) is 18.2 Å². The average molecular weight is 315 g/mol. The Kier molecular flexibility index (Phi) is 3.27. The molecule has 2 nitrogen and oxygen atoms in total. The maximum atomic E-state index is 13.5. The van der Waals surface area contributed by atoms with Crippen molar-refractivity contribution < 1.29 is 13.2 Å². The number of hydrogen-bond donors (Lipinski definition) is 1. The highest BCUT2D eigenvalue weighted by Crippen LogP contribution is 2.32. The number of benzene rings is 2. The van der Waals surface area contributed by atoms with Gasteiger partial charge in [-0.25, -0.2) is 18.2 Å². The number of thiazole rings is 1. The van der Waals surface area contributed by atoms with E-state index in [1.165, 1.54) is 11.3 Å². The summed E-state index contributed by atoms with van der Waals surface area (Å²) in [5.41, 5.74) is 0.224. The molecule has 0 unspecified atom stereocenters. The summed E-state index contributed by atoms with van der Waals surface area (Å²) < 4.78 is 40.7. The van der Waals surface area contributed by atoms with E-state index in [1.807, 2.05) is 0 Å². The maximum Gasteiger partial charge on any atom is 0.188 e. The van der Waals surface area contributed by atoms with Crippen LogP contribution in [0, 0.1) is 17.5 Å². The minimum Gasteiger partial charge on any atom is -0.327 e. The predicted octanol–water partition coefficient (Wildman–Crippen LogP) is 5.11. The van der Waals surface area contributed by atoms with Crippen LogP contribution >= 0.6 is 22.9 Å². The highest BCUT2D eigenvalue weighted by Gasteiger charge is 2.13. The lowest BCUT2D eigenvalue weighted by Crippen LogP contribution is -1.98. The maximum absolute atomic E-state index is 13.5. The molecule has 0 radical (unpaired) electrons. The Balaban J connectivity index is 2.01. The molecule has 1 aromatic heterocycles. The van der Waals surface area contributed by atoms with Gasteiger partial charge in [-0.3, -0.25) is 0 Å². The molecule has 2 aromatic carbocycles. The normalized spacial score (nSPS) is 11.0. The van der Waals surface area contributed by atoms with E-state index >= 15 is 0 Å². The van der Waals surface area contributed by atoms with Crippen LogP contribution in [0.15, 0.2) is 30.3 Å². The second-order valence-electron chi connectivity index (χ2n) is 4.00. The lowest BCUT2D eigenvalue weighted by atomic mass is 10.3. The molecule has 7 heteroatoms. The summed E-state index contributed by atoms with van der Waals surface area (Å²) in [7, 11) is 0. The third kappa shape index (κ3) is 2.44. The number of nitrogens with one attached hydrogen (secondary N) is 1. The van der Waals surface area contributed by atoms with E-state index in [-0.39, 0.29) is 0 Å². The van der Waals surface area contributed by atoms with Gasteiger partial charge in [0, 0.05) is 17.2 Å². The zero-order chi connectivity index (χ0) is 14.3. The van der Waals surface area contributed by atoms with Gasteiger partial charge in [0.1, 0.15) is 11.5 Å². The molecule has 0 aliphatic rings. The van der Waals surface area contributed by atoms with Crippen molar-refractivity contribution in [2.75, 3.05) is 5.32 Å². The van der Waals surface area contributed by atoms with Crippen LogP contribution in [0.25, 0.3) is 10.2 Å². The molecule has 0 fully saturated rings. The topological polar surface area (TPSA) is 24.9 Å². The van der Waals surface area contributed by atoms with Crippen molar-refractivity contribution in [2.24, 2.45) is 0 Å². The number of fused-ring (bicyclic) bond motifs is 1. The molecule has 20 heavy (non-hydrogen) atoms. The van der Waals surface area contributed by atoms with Crippen molar-refractivity contribution in [1.82, 2.24) is 4.98 Å². The van der Waals surface area contributed by atoms with Crippen molar-refractivity contribution in [1.29, 1.82) is 0 Å². The molecule has 0 amide bonds. The molecular formula is C13H6ClF3N2S. The Morgan fingerprint density at radius 2 is 1.75 bits per heavy atom. The molecule has 0 spiro atoms. The first kappa shape index (κ1) is 13.2. The summed E-state index contributed by atoms with van der Waals surface area (Å²) in [6, 6.07) is 6.30. The van der Waals surface area contributed by atoms with Crippen LogP contribution in [0.4, 0.5) is 24.0 Å². The fourth-order valence-corrected chi connectivity index (χ4v) is 2.87. The summed E-state index contributed by atoms with van der Waals surface area (Å²) in [6.07, 6.45) is 0. The van der Waals surface area contributed by atoms with Crippen molar-refractivity contribution in [2.45, 2.75) is 0 Å². The van der Waals surface area contributed by atoms with Gasteiger partial charge in [0.05, 0.1) is 10.2 Å². The predicted molar refractivity (Wildman–Crippen MR) is 74.2 cm³/mol. The van der Waals surface area contributed by atoms with E-state index in [0.717, 1.165) is 4.70 Å². The molecule has 0 saturated heterocycles. The summed E-state index contributed by atoms with van der Waals surface area (Å²) in [5, 5.41) is 3.37. The van der Waals surface area contributed by atoms with Crippen molar-refractivity contribution >= 4 is 44.0 Å². The number of nitrogens with zero attached hydrogens (tertiary/aromatic N) is 1. The molecule has 0 aliphatic carbocycles. The van der Waals surface area contributed by atoms with Gasteiger partial charge in [-0.05, 0) is 18.2 Å². The first-order chi connectivity index (χ1) is 9.52. The zero-order valence-electron chi connectivity index (χ0n) is 9.75. The van der Waals surface area contributed by atoms with Crippen molar-refractivity contribution in [3.63, 3.8) is 0 Å². The van der Waals surface area contributed by atoms with Crippen LogP contribution < -0.4 is 5.32 Å². The standard InChI is InChI=1S/C13H6ClF3N2S/c14-6-1-2-10-11(3-6)20-13(18-10)19-12-8(16)4-7(15)5-9(12)17/h1-5H,(H,18,19). The monoisotopic (exact) mass is 314 g/mol. The van der Waals surface area contributed by atoms with E-state index in [0.29, 0.717) is 27.8 Å². The largest absolute Gasteiger partial charge is 0.327 e. The average Bonchev–Trinajstić information content (AvgIpc) is 2.75. The minimum absolute atomic E-state index is 0.298. The highest BCUT2D eigenvalue weighted by molar-refractivity contribution is 7.22. The molecular weight excluding hydrogens is 309 g/mol. The number of hydrogen-bond acceptors (Lipinski definition) is 3. The fraction of sp³-hybridized carbons (Fsp3) is 0. The molecule has 1 N–H and O–H groups in total. The SMILES string of the molecule is Fc1cc(F)c(Nc2nc3ccc(Cl)cc3s2)c(F)c1. The van der Waals surface area contributed by atoms with Crippen molar-refractivity contribution in [3.05, 3.63) is 52.8 Å². The third-order valence-corrected chi connectivity index (χ3v) is 3.76. The Hall–Kier alpha value is -1.79. The molecule has 0 bridgehead atoms. The van der Waals surface area contributed by atoms with Crippen LogP contribution in [-0.4, -0.2) is 4.98 Å². The van der Waals surface area contributed by atoms with Crippen LogP contribution in [0.2, 0.25) is 5.02 Å². The molecule has 3 aromatic rings. The Bertz CT molecular complexity index is 780. The molecule has 102 valence electrons. The van der Waals surface area contributed by atoms with Gasteiger partial charge in [-0.1, -0.05) is 22.9 Å². The van der Waals surface area contributed by atoms with Gasteiger partial charge in [0.25, 0.3) is 0 Å². The van der Waals surface area contributed by atoms with E-state index in [2.05, 4.69) is 10.3 Å². The number of anilines is 2. The van der Waals surface area contributed by atoms with Gasteiger partial charge < -0.3 is 5.32 Å². The smallest absolute Gasteiger partial charge is 0.188 e. The summed E-state index contributed by atoms with van der Waals surface area (Å²) >= 11 is 7.05. The van der Waals surface area contributed by atoms with E-state index in [9.17, 15) is 13.2 Å². The van der Waals surface area contributed by atoms with Crippen LogP contribution in [0.5, 0.6) is 0 Å². The lowest BCUT2D eigenvalue weighted by molar-refractivity contribution is 0.549. The number of rotatable bonds is 2. The molecule has 1 heterocycles. The van der Waals surface area contributed by atoms with Gasteiger partial charge >= 0.3 is 0 Å². The van der Waals surface area contributed by atoms with E-state index < -0.39 is 23.1 Å². The van der Waals surface area contributed by atoms with Gasteiger partial charge in [0.2, 0.25) is 0 Å². The molecule has 0 saturated carbocycles. The molecule has 0 atom stereocenters. The second kappa shape index (κ2) is 4.96. The summed E-state index contributed by atoms with van der Waals surface area (Å²) in [5.74, 6) is -3.00. The Morgan fingerprint density at radius 3 is 2.45 bits per heavy atom.